The van der Waals surface area contributed by atoms with E-state index >= 15 is 0 Å². The first-order valence-corrected chi connectivity index (χ1v) is 5.59. The number of aryl methyl sites for hydroxylation is 2. The van der Waals surface area contributed by atoms with Crippen LogP contribution in [0.15, 0.2) is 49.1 Å². The number of nitrogens with zero attached hydrogens (tertiary/aromatic N) is 2. The number of rotatable bonds is 4. The minimum absolute atomic E-state index is 0.785. The van der Waals surface area contributed by atoms with Crippen molar-refractivity contribution in [3.63, 3.8) is 0 Å². The topological polar surface area (TPSA) is 53.9 Å². The van der Waals surface area contributed by atoms with Gasteiger partial charge in [0, 0.05) is 24.3 Å². The van der Waals surface area contributed by atoms with Gasteiger partial charge < -0.3 is 10.4 Å². The Morgan fingerprint density at radius 2 is 1.06 bits per heavy atom. The lowest BCUT2D eigenvalue weighted by Crippen LogP contribution is -2.24. The Balaban J connectivity index is 1.83. The molecule has 0 aliphatic rings. The van der Waals surface area contributed by atoms with Crippen molar-refractivity contribution in [3.8, 4) is 0 Å². The molecule has 0 aliphatic heterocycles. The lowest BCUT2D eigenvalue weighted by Gasteiger charge is -2.02. The largest absolute Gasteiger partial charge is 0.619 e. The van der Waals surface area contributed by atoms with Crippen LogP contribution in [0.2, 0.25) is 0 Å². The molecule has 0 aromatic carbocycles. The summed E-state index contributed by atoms with van der Waals surface area (Å²) in [5, 5.41) is 21.7. The molecule has 2 heterocycles. The average Bonchev–Trinajstić information content (AvgIpc) is 2.34. The summed E-state index contributed by atoms with van der Waals surface area (Å²) in [5.41, 5.74) is 2.32. The highest BCUT2D eigenvalue weighted by atomic mass is 16.5. The van der Waals surface area contributed by atoms with Gasteiger partial charge in [-0.3, -0.25) is 0 Å². The van der Waals surface area contributed by atoms with Crippen LogP contribution >= 0.6 is 0 Å². The molecule has 0 spiro atoms. The van der Waals surface area contributed by atoms with Crippen molar-refractivity contribution in [3.05, 3.63) is 70.6 Å². The van der Waals surface area contributed by atoms with Gasteiger partial charge in [0.2, 0.25) is 0 Å². The summed E-state index contributed by atoms with van der Waals surface area (Å²) in [6, 6.07) is 7.35. The molecule has 0 saturated heterocycles. The van der Waals surface area contributed by atoms with Crippen LogP contribution in [-0.4, -0.2) is 0 Å². The molecule has 4 nitrogen and oxygen atoms in total. The summed E-state index contributed by atoms with van der Waals surface area (Å²) in [6.45, 7) is 0. The second-order valence-corrected chi connectivity index (χ2v) is 3.99. The number of aromatic nitrogens is 2. The maximum atomic E-state index is 10.8. The van der Waals surface area contributed by atoms with Gasteiger partial charge in [-0.15, -0.1) is 0 Å². The summed E-state index contributed by atoms with van der Waals surface area (Å²) in [7, 11) is 0. The summed E-state index contributed by atoms with van der Waals surface area (Å²) in [6.07, 6.45) is 8.93. The Kier molecular flexibility index (Phi) is 3.55. The minimum atomic E-state index is 0.785. The molecule has 0 aliphatic carbocycles. The number of hydrogen-bond donors (Lipinski definition) is 0. The van der Waals surface area contributed by atoms with Crippen LogP contribution in [0.25, 0.3) is 0 Å². The van der Waals surface area contributed by atoms with E-state index in [0.717, 1.165) is 39.9 Å². The summed E-state index contributed by atoms with van der Waals surface area (Å²) < 4.78 is 1.57. The zero-order valence-corrected chi connectivity index (χ0v) is 9.45. The van der Waals surface area contributed by atoms with Crippen molar-refractivity contribution in [2.45, 2.75) is 19.3 Å². The molecular formula is C13H14N2O2. The molecule has 2 aromatic rings. The van der Waals surface area contributed by atoms with Crippen LogP contribution in [-0.2, 0) is 12.8 Å². The van der Waals surface area contributed by atoms with Crippen LogP contribution in [0.4, 0.5) is 0 Å². The summed E-state index contributed by atoms with van der Waals surface area (Å²) in [5.74, 6) is 0. The number of pyridine rings is 2. The van der Waals surface area contributed by atoms with Crippen LogP contribution in [0.3, 0.4) is 0 Å². The molecule has 2 aromatic heterocycles. The minimum Gasteiger partial charge on any atom is -0.619 e. The highest BCUT2D eigenvalue weighted by Crippen LogP contribution is 2.05. The van der Waals surface area contributed by atoms with Crippen molar-refractivity contribution < 1.29 is 9.46 Å². The second kappa shape index (κ2) is 5.30. The number of hydrogen-bond acceptors (Lipinski definition) is 2. The normalized spacial score (nSPS) is 10.4. The zero-order valence-electron chi connectivity index (χ0n) is 9.45. The summed E-state index contributed by atoms with van der Waals surface area (Å²) >= 11 is 0. The molecule has 0 radical (unpaired) electrons. The Bertz CT molecular complexity index is 420. The maximum Gasteiger partial charge on any atom is 0.180 e. The lowest BCUT2D eigenvalue weighted by atomic mass is 10.1. The van der Waals surface area contributed by atoms with E-state index in [1.54, 1.807) is 0 Å². The van der Waals surface area contributed by atoms with E-state index < -0.39 is 0 Å². The Morgan fingerprint density at radius 1 is 0.706 bits per heavy atom. The monoisotopic (exact) mass is 230 g/mol. The van der Waals surface area contributed by atoms with E-state index in [0.29, 0.717) is 0 Å². The Labute approximate surface area is 99.9 Å². The third kappa shape index (κ3) is 3.45. The van der Waals surface area contributed by atoms with E-state index in [1.165, 1.54) is 24.8 Å². The fourth-order valence-corrected chi connectivity index (χ4v) is 1.72. The molecule has 0 fully saturated rings. The van der Waals surface area contributed by atoms with Gasteiger partial charge in [0.05, 0.1) is 0 Å². The van der Waals surface area contributed by atoms with E-state index in [4.69, 9.17) is 0 Å². The Morgan fingerprint density at radius 3 is 1.41 bits per heavy atom. The molecule has 0 amide bonds. The van der Waals surface area contributed by atoms with Crippen molar-refractivity contribution in [2.75, 3.05) is 0 Å². The first-order chi connectivity index (χ1) is 8.24. The smallest absolute Gasteiger partial charge is 0.180 e. The van der Waals surface area contributed by atoms with E-state index in [-0.39, 0.29) is 0 Å². The fraction of sp³-hybridized carbons (Fsp3) is 0.231. The van der Waals surface area contributed by atoms with E-state index in [9.17, 15) is 10.4 Å². The highest BCUT2D eigenvalue weighted by molar-refractivity contribution is 5.10. The van der Waals surface area contributed by atoms with E-state index in [2.05, 4.69) is 0 Å². The van der Waals surface area contributed by atoms with Crippen LogP contribution in [0.1, 0.15) is 17.5 Å². The highest BCUT2D eigenvalue weighted by Gasteiger charge is 1.98. The van der Waals surface area contributed by atoms with Crippen LogP contribution in [0.5, 0.6) is 0 Å². The first-order valence-electron chi connectivity index (χ1n) is 5.59. The molecule has 0 bridgehead atoms. The fourth-order valence-electron chi connectivity index (χ4n) is 1.72. The average molecular weight is 230 g/mol. The third-order valence-electron chi connectivity index (χ3n) is 2.67. The third-order valence-corrected chi connectivity index (χ3v) is 2.67. The summed E-state index contributed by atoms with van der Waals surface area (Å²) in [4.78, 5) is 0. The van der Waals surface area contributed by atoms with Gasteiger partial charge in [-0.05, 0) is 30.4 Å². The Hall–Kier alpha value is -2.10. The molecule has 88 valence electrons. The van der Waals surface area contributed by atoms with Gasteiger partial charge in [0.1, 0.15) is 0 Å². The predicted octanol–water partition coefficient (Wildman–Crippen LogP) is 1.13. The van der Waals surface area contributed by atoms with Gasteiger partial charge in [0.25, 0.3) is 0 Å². The van der Waals surface area contributed by atoms with Crippen LogP contribution in [0, 0.1) is 10.4 Å². The van der Waals surface area contributed by atoms with Crippen molar-refractivity contribution in [1.29, 1.82) is 0 Å². The van der Waals surface area contributed by atoms with Crippen molar-refractivity contribution >= 4 is 0 Å². The molecule has 0 saturated carbocycles. The van der Waals surface area contributed by atoms with Gasteiger partial charge in [-0.2, -0.15) is 9.46 Å². The molecule has 0 unspecified atom stereocenters. The lowest BCUT2D eigenvalue weighted by molar-refractivity contribution is -0.605. The maximum absolute atomic E-state index is 10.8. The molecule has 2 rings (SSSR count). The molecule has 4 heteroatoms. The van der Waals surface area contributed by atoms with Crippen molar-refractivity contribution in [2.24, 2.45) is 0 Å². The quantitative estimate of drug-likeness (QED) is 0.584. The van der Waals surface area contributed by atoms with Gasteiger partial charge in [0.15, 0.2) is 24.8 Å². The van der Waals surface area contributed by atoms with Gasteiger partial charge >= 0.3 is 0 Å². The zero-order chi connectivity index (χ0) is 12.1. The van der Waals surface area contributed by atoms with Gasteiger partial charge in [-0.25, -0.2) is 0 Å². The first kappa shape index (κ1) is 11.4. The van der Waals surface area contributed by atoms with E-state index in [1.807, 2.05) is 24.3 Å². The second-order valence-electron chi connectivity index (χ2n) is 3.99. The molecule has 0 atom stereocenters. The molecular weight excluding hydrogens is 216 g/mol. The predicted molar refractivity (Wildman–Crippen MR) is 62.8 cm³/mol. The van der Waals surface area contributed by atoms with Gasteiger partial charge in [-0.1, -0.05) is 0 Å². The standard InChI is InChI=1S/C13H14N2O2/c16-14-8-4-12(5-9-14)2-1-3-13-6-10-15(17)11-7-13/h4-11H,1-3H2. The SMILES string of the molecule is [O-][n+]1ccc(CCCc2cc[n+]([O-])cc2)cc1. The molecule has 0 N–H and O–H groups in total. The van der Waals surface area contributed by atoms with Crippen LogP contribution < -0.4 is 9.46 Å². The molecule has 17 heavy (non-hydrogen) atoms. The van der Waals surface area contributed by atoms with Crippen molar-refractivity contribution in [1.82, 2.24) is 0 Å².